The van der Waals surface area contributed by atoms with Gasteiger partial charge in [-0.1, -0.05) is 18.2 Å². The molecule has 0 aliphatic heterocycles. The Hall–Kier alpha value is -2.34. The molecule has 1 aromatic carbocycles. The maximum absolute atomic E-state index is 12.2. The maximum Gasteiger partial charge on any atom is 0.269 e. The minimum absolute atomic E-state index is 0.219. The first-order valence-corrected chi connectivity index (χ1v) is 6.84. The number of hydrogen-bond donors (Lipinski definition) is 0. The van der Waals surface area contributed by atoms with Crippen LogP contribution in [0.4, 0.5) is 0 Å². The van der Waals surface area contributed by atoms with Crippen molar-refractivity contribution in [3.63, 3.8) is 0 Å². The Kier molecular flexibility index (Phi) is 2.94. The molecule has 0 saturated carbocycles. The van der Waals surface area contributed by atoms with E-state index < -0.39 is 0 Å². The van der Waals surface area contributed by atoms with E-state index in [0.717, 1.165) is 29.7 Å². The van der Waals surface area contributed by atoms with E-state index in [1.165, 1.54) is 22.1 Å². The van der Waals surface area contributed by atoms with Gasteiger partial charge in [0, 0.05) is 18.3 Å². The quantitative estimate of drug-likeness (QED) is 0.795. The van der Waals surface area contributed by atoms with Crippen molar-refractivity contribution in [2.24, 2.45) is 7.05 Å². The van der Waals surface area contributed by atoms with Crippen molar-refractivity contribution in [1.82, 2.24) is 4.57 Å². The van der Waals surface area contributed by atoms with Crippen LogP contribution >= 0.6 is 0 Å². The van der Waals surface area contributed by atoms with Gasteiger partial charge in [0.1, 0.15) is 11.6 Å². The molecule has 1 aliphatic rings. The summed E-state index contributed by atoms with van der Waals surface area (Å²) in [5, 5.41) is 9.31. The molecule has 0 bridgehead atoms. The molecule has 100 valence electrons. The summed E-state index contributed by atoms with van der Waals surface area (Å²) in [4.78, 5) is 12.2. The molecule has 2 aromatic rings. The lowest BCUT2D eigenvalue weighted by atomic mass is 9.97. The van der Waals surface area contributed by atoms with Crippen LogP contribution in [-0.4, -0.2) is 4.57 Å². The van der Waals surface area contributed by atoms with Gasteiger partial charge in [0.2, 0.25) is 0 Å². The monoisotopic (exact) mass is 264 g/mol. The van der Waals surface area contributed by atoms with Crippen molar-refractivity contribution < 1.29 is 0 Å². The summed E-state index contributed by atoms with van der Waals surface area (Å²) in [5.41, 5.74) is 5.35. The zero-order chi connectivity index (χ0) is 14.3. The molecule has 1 aromatic heterocycles. The van der Waals surface area contributed by atoms with Crippen LogP contribution in [0.15, 0.2) is 29.1 Å². The standard InChI is InChI=1S/C17H16N2O/c1-11-8-15(16(10-18)17(20)19(11)2)14-7-6-12-4-3-5-13(12)9-14/h6-9H,3-5H2,1-2H3. The second kappa shape index (κ2) is 4.64. The highest BCUT2D eigenvalue weighted by Gasteiger charge is 2.16. The molecule has 0 spiro atoms. The number of rotatable bonds is 1. The van der Waals surface area contributed by atoms with Crippen LogP contribution in [0.3, 0.4) is 0 Å². The van der Waals surface area contributed by atoms with E-state index in [2.05, 4.69) is 18.2 Å². The molecule has 0 unspecified atom stereocenters. The van der Waals surface area contributed by atoms with E-state index in [1.54, 1.807) is 7.05 Å². The molecule has 1 heterocycles. The Morgan fingerprint density at radius 3 is 2.70 bits per heavy atom. The third-order valence-electron chi connectivity index (χ3n) is 4.19. The van der Waals surface area contributed by atoms with Gasteiger partial charge in [-0.3, -0.25) is 4.79 Å². The molecule has 0 fully saturated rings. The van der Waals surface area contributed by atoms with Crippen LogP contribution < -0.4 is 5.56 Å². The Bertz CT molecular complexity index is 794. The predicted molar refractivity (Wildman–Crippen MR) is 78.6 cm³/mol. The van der Waals surface area contributed by atoms with Crippen molar-refractivity contribution in [3.05, 3.63) is 57.0 Å². The average molecular weight is 264 g/mol. The van der Waals surface area contributed by atoms with Crippen LogP contribution in [-0.2, 0) is 19.9 Å². The van der Waals surface area contributed by atoms with Crippen molar-refractivity contribution in [3.8, 4) is 17.2 Å². The van der Waals surface area contributed by atoms with E-state index in [-0.39, 0.29) is 11.1 Å². The normalized spacial score (nSPS) is 13.1. The number of nitrogens with zero attached hydrogens (tertiary/aromatic N) is 2. The van der Waals surface area contributed by atoms with Gasteiger partial charge in [0.25, 0.3) is 5.56 Å². The van der Waals surface area contributed by atoms with Gasteiger partial charge in [-0.2, -0.15) is 5.26 Å². The fraction of sp³-hybridized carbons (Fsp3) is 0.294. The Morgan fingerprint density at radius 2 is 1.95 bits per heavy atom. The topological polar surface area (TPSA) is 45.8 Å². The number of hydrogen-bond acceptors (Lipinski definition) is 2. The lowest BCUT2D eigenvalue weighted by Crippen LogP contribution is -2.22. The fourth-order valence-electron chi connectivity index (χ4n) is 2.90. The van der Waals surface area contributed by atoms with Crippen LogP contribution in [0.1, 0.15) is 28.8 Å². The number of fused-ring (bicyclic) bond motifs is 1. The molecule has 0 saturated heterocycles. The molecule has 0 atom stereocenters. The highest BCUT2D eigenvalue weighted by molar-refractivity contribution is 5.71. The van der Waals surface area contributed by atoms with Gasteiger partial charge < -0.3 is 4.57 Å². The predicted octanol–water partition coefficient (Wildman–Crippen LogP) is 2.72. The van der Waals surface area contributed by atoms with Crippen molar-refractivity contribution in [2.45, 2.75) is 26.2 Å². The summed E-state index contributed by atoms with van der Waals surface area (Å²) >= 11 is 0. The molecule has 3 heteroatoms. The van der Waals surface area contributed by atoms with Crippen LogP contribution in [0, 0.1) is 18.3 Å². The third kappa shape index (κ3) is 1.85. The highest BCUT2D eigenvalue weighted by Crippen LogP contribution is 2.29. The smallest absolute Gasteiger partial charge is 0.269 e. The Morgan fingerprint density at radius 1 is 1.20 bits per heavy atom. The molecule has 0 radical (unpaired) electrons. The van der Waals surface area contributed by atoms with Crippen LogP contribution in [0.5, 0.6) is 0 Å². The lowest BCUT2D eigenvalue weighted by Gasteiger charge is -2.11. The van der Waals surface area contributed by atoms with Gasteiger partial charge in [0.05, 0.1) is 0 Å². The summed E-state index contributed by atoms with van der Waals surface area (Å²) in [5.74, 6) is 0. The van der Waals surface area contributed by atoms with Gasteiger partial charge in [-0.05, 0) is 48.9 Å². The third-order valence-corrected chi connectivity index (χ3v) is 4.19. The first kappa shape index (κ1) is 12.7. The van der Waals surface area contributed by atoms with Crippen LogP contribution in [0.2, 0.25) is 0 Å². The minimum Gasteiger partial charge on any atom is -0.315 e. The van der Waals surface area contributed by atoms with Crippen molar-refractivity contribution in [1.29, 1.82) is 5.26 Å². The van der Waals surface area contributed by atoms with E-state index in [1.807, 2.05) is 19.1 Å². The van der Waals surface area contributed by atoms with Crippen molar-refractivity contribution >= 4 is 0 Å². The molecule has 3 nitrogen and oxygen atoms in total. The summed E-state index contributed by atoms with van der Waals surface area (Å²) < 4.78 is 1.52. The summed E-state index contributed by atoms with van der Waals surface area (Å²) in [7, 11) is 1.70. The summed E-state index contributed by atoms with van der Waals surface area (Å²) in [6.45, 7) is 1.89. The van der Waals surface area contributed by atoms with E-state index in [4.69, 9.17) is 0 Å². The molecular formula is C17H16N2O. The SMILES string of the molecule is Cc1cc(-c2ccc3c(c2)CCC3)c(C#N)c(=O)n1C. The minimum atomic E-state index is -0.219. The number of pyridine rings is 1. The zero-order valence-electron chi connectivity index (χ0n) is 11.7. The van der Waals surface area contributed by atoms with Gasteiger partial charge >= 0.3 is 0 Å². The fourth-order valence-corrected chi connectivity index (χ4v) is 2.90. The summed E-state index contributed by atoms with van der Waals surface area (Å²) in [6, 6.07) is 10.3. The van der Waals surface area contributed by atoms with Crippen LogP contribution in [0.25, 0.3) is 11.1 Å². The Balaban J connectivity index is 2.25. The first-order chi connectivity index (χ1) is 9.61. The molecule has 0 amide bonds. The lowest BCUT2D eigenvalue weighted by molar-refractivity contribution is 0.816. The van der Waals surface area contributed by atoms with E-state index in [9.17, 15) is 10.1 Å². The van der Waals surface area contributed by atoms with Crippen molar-refractivity contribution in [2.75, 3.05) is 0 Å². The average Bonchev–Trinajstić information content (AvgIpc) is 2.91. The largest absolute Gasteiger partial charge is 0.315 e. The van der Waals surface area contributed by atoms with Gasteiger partial charge in [-0.15, -0.1) is 0 Å². The maximum atomic E-state index is 12.2. The zero-order valence-corrected chi connectivity index (χ0v) is 11.7. The number of benzene rings is 1. The van der Waals surface area contributed by atoms with E-state index in [0.29, 0.717) is 0 Å². The van der Waals surface area contributed by atoms with Gasteiger partial charge in [-0.25, -0.2) is 0 Å². The second-order valence-corrected chi connectivity index (χ2v) is 5.39. The van der Waals surface area contributed by atoms with E-state index >= 15 is 0 Å². The molecule has 20 heavy (non-hydrogen) atoms. The Labute approximate surface area is 118 Å². The number of aromatic nitrogens is 1. The highest BCUT2D eigenvalue weighted by atomic mass is 16.1. The first-order valence-electron chi connectivity index (χ1n) is 6.84. The molecular weight excluding hydrogens is 248 g/mol. The summed E-state index contributed by atoms with van der Waals surface area (Å²) in [6.07, 6.45) is 3.42. The molecule has 3 rings (SSSR count). The number of nitriles is 1. The van der Waals surface area contributed by atoms with Gasteiger partial charge in [0.15, 0.2) is 0 Å². The molecule has 0 N–H and O–H groups in total. The second-order valence-electron chi connectivity index (χ2n) is 5.39. The number of aryl methyl sites for hydroxylation is 3. The molecule has 1 aliphatic carbocycles.